The van der Waals surface area contributed by atoms with Crippen molar-refractivity contribution in [3.8, 4) is 0 Å². The lowest BCUT2D eigenvalue weighted by Gasteiger charge is -2.20. The SMILES string of the molecule is CC(=O)N1c2ccc(S(=O)(=O)NCCCc3ccccc3)cc2C[C@H]1C. The monoisotopic (exact) mass is 372 g/mol. The Hall–Kier alpha value is -2.18. The summed E-state index contributed by atoms with van der Waals surface area (Å²) in [5.74, 6) is -0.0223. The third-order valence-corrected chi connectivity index (χ3v) is 6.15. The molecular weight excluding hydrogens is 348 g/mol. The number of sulfonamides is 1. The highest BCUT2D eigenvalue weighted by Gasteiger charge is 2.30. The number of carbonyl (C=O) groups is 1. The number of rotatable bonds is 6. The summed E-state index contributed by atoms with van der Waals surface area (Å²) in [6, 6.07) is 15.1. The van der Waals surface area contributed by atoms with Crippen LogP contribution in [-0.2, 0) is 27.7 Å². The Labute approximate surface area is 155 Å². The van der Waals surface area contributed by atoms with Crippen LogP contribution in [0.1, 0.15) is 31.4 Å². The summed E-state index contributed by atoms with van der Waals surface area (Å²) in [4.78, 5) is 13.8. The minimum absolute atomic E-state index is 0.0223. The van der Waals surface area contributed by atoms with Gasteiger partial charge in [-0.1, -0.05) is 30.3 Å². The van der Waals surface area contributed by atoms with Crippen LogP contribution in [0, 0.1) is 0 Å². The van der Waals surface area contributed by atoms with Crippen LogP contribution in [0.4, 0.5) is 5.69 Å². The number of carbonyl (C=O) groups excluding carboxylic acids is 1. The highest BCUT2D eigenvalue weighted by Crippen LogP contribution is 2.33. The van der Waals surface area contributed by atoms with Crippen LogP contribution in [-0.4, -0.2) is 26.9 Å². The number of fused-ring (bicyclic) bond motifs is 1. The Morgan fingerprint density at radius 1 is 1.19 bits per heavy atom. The van der Waals surface area contributed by atoms with Crippen LogP contribution in [0.2, 0.25) is 0 Å². The molecule has 1 aliphatic heterocycles. The van der Waals surface area contributed by atoms with Gasteiger partial charge < -0.3 is 4.90 Å². The highest BCUT2D eigenvalue weighted by atomic mass is 32.2. The fourth-order valence-electron chi connectivity index (χ4n) is 3.48. The maximum absolute atomic E-state index is 12.5. The Kier molecular flexibility index (Phi) is 5.44. The molecule has 5 nitrogen and oxygen atoms in total. The van der Waals surface area contributed by atoms with Gasteiger partial charge in [-0.15, -0.1) is 0 Å². The molecule has 0 radical (unpaired) electrons. The van der Waals surface area contributed by atoms with Crippen molar-refractivity contribution < 1.29 is 13.2 Å². The largest absolute Gasteiger partial charge is 0.309 e. The molecule has 0 saturated heterocycles. The molecule has 138 valence electrons. The van der Waals surface area contributed by atoms with Gasteiger partial charge in [-0.3, -0.25) is 4.79 Å². The van der Waals surface area contributed by atoms with Gasteiger partial charge in [0.25, 0.3) is 0 Å². The van der Waals surface area contributed by atoms with Crippen molar-refractivity contribution in [2.45, 2.75) is 44.0 Å². The van der Waals surface area contributed by atoms with Crippen LogP contribution in [0.3, 0.4) is 0 Å². The van der Waals surface area contributed by atoms with E-state index in [1.165, 1.54) is 12.5 Å². The van der Waals surface area contributed by atoms with Crippen LogP contribution in [0.25, 0.3) is 0 Å². The van der Waals surface area contributed by atoms with E-state index >= 15 is 0 Å². The van der Waals surface area contributed by atoms with E-state index in [-0.39, 0.29) is 16.8 Å². The molecule has 3 rings (SSSR count). The molecule has 0 aliphatic carbocycles. The minimum atomic E-state index is -3.54. The molecule has 6 heteroatoms. The molecule has 0 bridgehead atoms. The number of hydrogen-bond donors (Lipinski definition) is 1. The Morgan fingerprint density at radius 2 is 1.92 bits per heavy atom. The highest BCUT2D eigenvalue weighted by molar-refractivity contribution is 7.89. The molecule has 2 aromatic carbocycles. The molecule has 1 N–H and O–H groups in total. The van der Waals surface area contributed by atoms with Crippen molar-refractivity contribution >= 4 is 21.6 Å². The Balaban J connectivity index is 1.65. The van der Waals surface area contributed by atoms with Gasteiger partial charge >= 0.3 is 0 Å². The maximum atomic E-state index is 12.5. The van der Waals surface area contributed by atoms with E-state index in [1.54, 1.807) is 23.1 Å². The average molecular weight is 372 g/mol. The van der Waals surface area contributed by atoms with Gasteiger partial charge in [-0.05, 0) is 55.5 Å². The first-order chi connectivity index (χ1) is 12.4. The quantitative estimate of drug-likeness (QED) is 0.793. The first-order valence-corrected chi connectivity index (χ1v) is 10.3. The van der Waals surface area contributed by atoms with E-state index in [4.69, 9.17) is 0 Å². The van der Waals surface area contributed by atoms with Gasteiger partial charge in [0.1, 0.15) is 0 Å². The lowest BCUT2D eigenvalue weighted by Crippen LogP contribution is -2.33. The normalized spacial score (nSPS) is 16.5. The lowest BCUT2D eigenvalue weighted by atomic mass is 10.1. The zero-order valence-corrected chi connectivity index (χ0v) is 15.9. The molecular formula is C20H24N2O3S. The van der Waals surface area contributed by atoms with Gasteiger partial charge in [-0.2, -0.15) is 0 Å². The summed E-state index contributed by atoms with van der Waals surface area (Å²) in [5, 5.41) is 0. The van der Waals surface area contributed by atoms with E-state index in [1.807, 2.05) is 37.3 Å². The second-order valence-corrected chi connectivity index (χ2v) is 8.49. The number of hydrogen-bond acceptors (Lipinski definition) is 3. The topological polar surface area (TPSA) is 66.5 Å². The third-order valence-electron chi connectivity index (χ3n) is 4.69. The summed E-state index contributed by atoms with van der Waals surface area (Å²) >= 11 is 0. The molecule has 1 heterocycles. The molecule has 26 heavy (non-hydrogen) atoms. The Bertz CT molecular complexity index is 895. The van der Waals surface area contributed by atoms with Crippen LogP contribution >= 0.6 is 0 Å². The van der Waals surface area contributed by atoms with Crippen LogP contribution < -0.4 is 9.62 Å². The first kappa shape index (κ1) is 18.6. The third kappa shape index (κ3) is 3.97. The van der Waals surface area contributed by atoms with Crippen molar-refractivity contribution in [1.29, 1.82) is 0 Å². The smallest absolute Gasteiger partial charge is 0.240 e. The number of nitrogens with one attached hydrogen (secondary N) is 1. The van der Waals surface area contributed by atoms with E-state index in [0.717, 1.165) is 24.1 Å². The van der Waals surface area contributed by atoms with E-state index in [0.29, 0.717) is 13.0 Å². The summed E-state index contributed by atoms with van der Waals surface area (Å²) < 4.78 is 27.8. The van der Waals surface area contributed by atoms with Crippen molar-refractivity contribution in [1.82, 2.24) is 4.72 Å². The number of nitrogens with zero attached hydrogens (tertiary/aromatic N) is 1. The van der Waals surface area contributed by atoms with Gasteiger partial charge in [0, 0.05) is 25.2 Å². The van der Waals surface area contributed by atoms with Gasteiger partial charge in [-0.25, -0.2) is 13.1 Å². The van der Waals surface area contributed by atoms with Crippen molar-refractivity contribution in [3.05, 3.63) is 59.7 Å². The fraction of sp³-hybridized carbons (Fsp3) is 0.350. The summed E-state index contributed by atoms with van der Waals surface area (Å²) in [5.41, 5.74) is 2.91. The number of amides is 1. The molecule has 1 amide bonds. The van der Waals surface area contributed by atoms with E-state index in [2.05, 4.69) is 4.72 Å². The van der Waals surface area contributed by atoms with Crippen LogP contribution in [0.5, 0.6) is 0 Å². The fourth-order valence-corrected chi connectivity index (χ4v) is 4.61. The van der Waals surface area contributed by atoms with Gasteiger partial charge in [0.05, 0.1) is 4.90 Å². The standard InChI is InChI=1S/C20H24N2O3S/c1-15-13-18-14-19(10-11-20(18)22(15)16(2)23)26(24,25)21-12-6-9-17-7-4-3-5-8-17/h3-5,7-8,10-11,14-15,21H,6,9,12-13H2,1-2H3/t15-/m1/s1. The van der Waals surface area contributed by atoms with Crippen molar-refractivity contribution in [3.63, 3.8) is 0 Å². The summed E-state index contributed by atoms with van der Waals surface area (Å²) in [6.07, 6.45) is 2.24. The first-order valence-electron chi connectivity index (χ1n) is 8.85. The molecule has 0 spiro atoms. The predicted molar refractivity (Wildman–Crippen MR) is 103 cm³/mol. The van der Waals surface area contributed by atoms with Gasteiger partial charge in [0.15, 0.2) is 0 Å². The second kappa shape index (κ2) is 7.60. The second-order valence-electron chi connectivity index (χ2n) is 6.72. The molecule has 1 aliphatic rings. The number of anilines is 1. The minimum Gasteiger partial charge on any atom is -0.309 e. The van der Waals surface area contributed by atoms with Crippen LogP contribution in [0.15, 0.2) is 53.4 Å². The zero-order chi connectivity index (χ0) is 18.7. The number of aryl methyl sites for hydroxylation is 1. The summed E-state index contributed by atoms with van der Waals surface area (Å²) in [6.45, 7) is 3.90. The number of benzene rings is 2. The maximum Gasteiger partial charge on any atom is 0.240 e. The predicted octanol–water partition coefficient (Wildman–Crippen LogP) is 2.90. The molecule has 2 aromatic rings. The molecule has 0 unspecified atom stereocenters. The van der Waals surface area contributed by atoms with Crippen molar-refractivity contribution in [2.24, 2.45) is 0 Å². The molecule has 0 fully saturated rings. The zero-order valence-electron chi connectivity index (χ0n) is 15.1. The average Bonchev–Trinajstić information content (AvgIpc) is 2.94. The Morgan fingerprint density at radius 3 is 2.62 bits per heavy atom. The molecule has 0 saturated carbocycles. The van der Waals surface area contributed by atoms with E-state index < -0.39 is 10.0 Å². The van der Waals surface area contributed by atoms with Crippen molar-refractivity contribution in [2.75, 3.05) is 11.4 Å². The van der Waals surface area contributed by atoms with Gasteiger partial charge in [0.2, 0.25) is 15.9 Å². The molecule has 1 atom stereocenters. The summed E-state index contributed by atoms with van der Waals surface area (Å²) in [7, 11) is -3.54. The molecule has 0 aromatic heterocycles. The van der Waals surface area contributed by atoms with E-state index in [9.17, 15) is 13.2 Å². The lowest BCUT2D eigenvalue weighted by molar-refractivity contribution is -0.116.